The van der Waals surface area contributed by atoms with Crippen LogP contribution in [0.2, 0.25) is 0 Å². The number of alkyl halides is 4. The highest BCUT2D eigenvalue weighted by Gasteiger charge is 2.47. The Labute approximate surface area is 262 Å². The van der Waals surface area contributed by atoms with E-state index >= 15 is 0 Å². The first-order valence-corrected chi connectivity index (χ1v) is 16.1. The molecule has 0 bridgehead atoms. The molecular weight excluding hydrogens is 635 g/mol. The van der Waals surface area contributed by atoms with Gasteiger partial charge in [-0.25, -0.2) is 17.2 Å². The quantitative estimate of drug-likeness (QED) is 0.450. The molecule has 2 aromatic carbocycles. The largest absolute Gasteiger partial charge is 0.419 e. The summed E-state index contributed by atoms with van der Waals surface area (Å²) >= 11 is 0. The number of rotatable bonds is 6. The summed E-state index contributed by atoms with van der Waals surface area (Å²) in [6.45, 7) is 2.89. The van der Waals surface area contributed by atoms with Crippen molar-refractivity contribution in [2.75, 3.05) is 32.9 Å². The fourth-order valence-corrected chi connectivity index (χ4v) is 7.21. The van der Waals surface area contributed by atoms with E-state index in [4.69, 9.17) is 0 Å². The highest BCUT2D eigenvalue weighted by Crippen LogP contribution is 2.35. The topological polar surface area (TPSA) is 119 Å². The molecular formula is C31H33F5N4O5S. The fourth-order valence-electron chi connectivity index (χ4n) is 6.04. The first-order valence-electron chi connectivity index (χ1n) is 14.6. The third kappa shape index (κ3) is 6.58. The van der Waals surface area contributed by atoms with Gasteiger partial charge in [-0.2, -0.15) is 17.5 Å². The number of piperidine rings is 2. The van der Waals surface area contributed by atoms with E-state index < -0.39 is 51.3 Å². The number of hydrogen-bond donors (Lipinski definition) is 2. The van der Waals surface area contributed by atoms with Crippen LogP contribution in [0.4, 0.5) is 22.0 Å². The molecule has 1 spiro atoms. The minimum atomic E-state index is -4.94. The van der Waals surface area contributed by atoms with E-state index in [0.29, 0.717) is 34.4 Å². The molecule has 2 N–H and O–H groups in total. The van der Waals surface area contributed by atoms with Crippen molar-refractivity contribution < 1.29 is 45.1 Å². The van der Waals surface area contributed by atoms with Gasteiger partial charge in [0.15, 0.2) is 0 Å². The zero-order valence-electron chi connectivity index (χ0n) is 25.1. The summed E-state index contributed by atoms with van der Waals surface area (Å²) in [4.78, 5) is 31.9. The molecule has 2 amide bonds. The zero-order valence-corrected chi connectivity index (χ0v) is 25.9. The van der Waals surface area contributed by atoms with E-state index in [1.54, 1.807) is 30.9 Å². The van der Waals surface area contributed by atoms with Gasteiger partial charge in [0.2, 0.25) is 10.0 Å². The maximum atomic E-state index is 13.8. The Morgan fingerprint density at radius 1 is 1.04 bits per heavy atom. The Kier molecular flexibility index (Phi) is 8.90. The number of nitrogens with zero attached hydrogens (tertiary/aromatic N) is 3. The zero-order chi connectivity index (χ0) is 33.7. The van der Waals surface area contributed by atoms with E-state index in [9.17, 15) is 45.1 Å². The summed E-state index contributed by atoms with van der Waals surface area (Å²) in [6.07, 6.45) is -3.26. The van der Waals surface area contributed by atoms with Crippen LogP contribution in [-0.4, -0.2) is 84.4 Å². The Balaban J connectivity index is 1.26. The minimum absolute atomic E-state index is 0.0170. The molecule has 0 atom stereocenters. The van der Waals surface area contributed by atoms with Crippen LogP contribution in [0.25, 0.3) is 6.08 Å². The number of amidine groups is 1. The fraction of sp³-hybridized carbons (Fsp3) is 0.452. The summed E-state index contributed by atoms with van der Waals surface area (Å²) in [7, 11) is -3.95. The molecule has 3 aliphatic rings. The van der Waals surface area contributed by atoms with Gasteiger partial charge in [0, 0.05) is 42.7 Å². The lowest BCUT2D eigenvalue weighted by molar-refractivity contribution is -0.140. The molecule has 0 saturated carbocycles. The molecule has 15 heteroatoms. The van der Waals surface area contributed by atoms with Crippen molar-refractivity contribution in [2.45, 2.75) is 56.8 Å². The van der Waals surface area contributed by atoms with Crippen LogP contribution < -0.4 is 5.32 Å². The van der Waals surface area contributed by atoms with E-state index in [-0.39, 0.29) is 69.2 Å². The number of aliphatic imine (C=N–C) groups is 1. The normalized spacial score (nSPS) is 20.3. The number of amides is 2. The number of aryl methyl sites for hydroxylation is 2. The summed E-state index contributed by atoms with van der Waals surface area (Å²) in [5.41, 5.74) is -2.08. The van der Waals surface area contributed by atoms with Crippen LogP contribution >= 0.6 is 0 Å². The number of sulfonamides is 1. The number of likely N-dealkylation sites (tertiary alicyclic amines) is 1. The molecule has 9 nitrogen and oxygen atoms in total. The number of halogens is 5. The van der Waals surface area contributed by atoms with Gasteiger partial charge in [-0.15, -0.1) is 0 Å². The van der Waals surface area contributed by atoms with Crippen LogP contribution in [0.1, 0.15) is 63.9 Å². The molecule has 0 radical (unpaired) electrons. The van der Waals surface area contributed by atoms with Gasteiger partial charge in [0.1, 0.15) is 23.9 Å². The summed E-state index contributed by atoms with van der Waals surface area (Å²) in [6, 6.07) is 5.61. The number of aliphatic hydroxyl groups is 1. The Morgan fingerprint density at radius 2 is 1.65 bits per heavy atom. The molecule has 3 aliphatic heterocycles. The van der Waals surface area contributed by atoms with Crippen molar-refractivity contribution in [1.29, 1.82) is 0 Å². The lowest BCUT2D eigenvalue weighted by Gasteiger charge is -2.36. The van der Waals surface area contributed by atoms with Crippen LogP contribution in [0, 0.1) is 19.7 Å². The van der Waals surface area contributed by atoms with E-state index in [0.717, 1.165) is 11.5 Å². The molecule has 2 fully saturated rings. The number of nitrogens with one attached hydrogen (secondary N) is 1. The Morgan fingerprint density at radius 3 is 2.22 bits per heavy atom. The van der Waals surface area contributed by atoms with Gasteiger partial charge in [-0.3, -0.25) is 14.6 Å². The van der Waals surface area contributed by atoms with Crippen LogP contribution in [0.15, 0.2) is 40.7 Å². The van der Waals surface area contributed by atoms with Gasteiger partial charge in [-0.05, 0) is 92.6 Å². The smallest absolute Gasteiger partial charge is 0.387 e. The van der Waals surface area contributed by atoms with Crippen molar-refractivity contribution in [3.05, 3.63) is 74.9 Å². The average Bonchev–Trinajstić information content (AvgIpc) is 3.31. The van der Waals surface area contributed by atoms with E-state index in [1.165, 1.54) is 10.4 Å². The monoisotopic (exact) mass is 668 g/mol. The van der Waals surface area contributed by atoms with Crippen molar-refractivity contribution in [1.82, 2.24) is 14.5 Å². The standard InChI is InChI=1S/C31H33F5N4O5S/c1-19-15-22(27(41)39-10-6-29(43,18-32)7-11-39)16-20(2)23(19)5-14-46(44,45)40-12-8-30(9-13-40)28(42)37-26(38-30)21-3-4-25(33)24(17-21)31(34,35)36/h3-5,14-17,43H,6-13,18H2,1-2H3,(H,37,38,42). The third-order valence-electron chi connectivity index (χ3n) is 8.91. The summed E-state index contributed by atoms with van der Waals surface area (Å²) < 4.78 is 94.1. The second kappa shape index (κ2) is 12.2. The van der Waals surface area contributed by atoms with Gasteiger partial charge in [-0.1, -0.05) is 0 Å². The molecule has 3 heterocycles. The van der Waals surface area contributed by atoms with E-state index in [2.05, 4.69) is 10.3 Å². The van der Waals surface area contributed by atoms with Crippen molar-refractivity contribution in [3.63, 3.8) is 0 Å². The average molecular weight is 669 g/mol. The molecule has 0 aromatic heterocycles. The molecule has 248 valence electrons. The van der Waals surface area contributed by atoms with Crippen molar-refractivity contribution in [3.8, 4) is 0 Å². The molecule has 2 saturated heterocycles. The second-order valence-electron chi connectivity index (χ2n) is 12.1. The van der Waals surface area contributed by atoms with Crippen LogP contribution in [0.3, 0.4) is 0 Å². The number of benzene rings is 2. The van der Waals surface area contributed by atoms with Crippen molar-refractivity contribution in [2.24, 2.45) is 4.99 Å². The molecule has 5 rings (SSSR count). The number of hydrogen-bond acceptors (Lipinski definition) is 6. The molecule has 0 unspecified atom stereocenters. The lowest BCUT2D eigenvalue weighted by atomic mass is 9.89. The van der Waals surface area contributed by atoms with E-state index in [1.807, 2.05) is 0 Å². The SMILES string of the molecule is Cc1cc(C(=O)N2CCC(O)(CF)CC2)cc(C)c1C=CS(=O)(=O)N1CCC2(CC1)N=C(c1ccc(F)c(C(F)(F)F)c1)NC2=O. The number of carbonyl (C=O) groups is 2. The first kappa shape index (κ1) is 33.7. The minimum Gasteiger partial charge on any atom is -0.387 e. The number of carbonyl (C=O) groups excluding carboxylic acids is 2. The van der Waals surface area contributed by atoms with Gasteiger partial charge in [0.25, 0.3) is 11.8 Å². The highest BCUT2D eigenvalue weighted by molar-refractivity contribution is 7.92. The third-order valence-corrected chi connectivity index (χ3v) is 10.5. The predicted molar refractivity (Wildman–Crippen MR) is 160 cm³/mol. The highest BCUT2D eigenvalue weighted by atomic mass is 32.2. The summed E-state index contributed by atoms with van der Waals surface area (Å²) in [5.74, 6) is -2.43. The van der Waals surface area contributed by atoms with Gasteiger partial charge in [0.05, 0.1) is 11.2 Å². The van der Waals surface area contributed by atoms with Gasteiger partial charge < -0.3 is 15.3 Å². The second-order valence-corrected chi connectivity index (χ2v) is 13.9. The lowest BCUT2D eigenvalue weighted by Crippen LogP contribution is -2.50. The summed E-state index contributed by atoms with van der Waals surface area (Å²) in [5, 5.41) is 13.6. The maximum Gasteiger partial charge on any atom is 0.419 e. The Bertz CT molecular complexity index is 1700. The van der Waals surface area contributed by atoms with Crippen LogP contribution in [-0.2, 0) is 21.0 Å². The van der Waals surface area contributed by atoms with Crippen molar-refractivity contribution >= 4 is 33.7 Å². The maximum absolute atomic E-state index is 13.8. The van der Waals surface area contributed by atoms with Crippen LogP contribution in [0.5, 0.6) is 0 Å². The molecule has 0 aliphatic carbocycles. The predicted octanol–water partition coefficient (Wildman–Crippen LogP) is 4.11. The molecule has 46 heavy (non-hydrogen) atoms. The van der Waals surface area contributed by atoms with Gasteiger partial charge >= 0.3 is 6.18 Å². The molecule has 2 aromatic rings. The first-order chi connectivity index (χ1) is 21.5. The Hall–Kier alpha value is -3.69.